The summed E-state index contributed by atoms with van der Waals surface area (Å²) in [4.78, 5) is 23.8. The summed E-state index contributed by atoms with van der Waals surface area (Å²) in [6, 6.07) is 0. The summed E-state index contributed by atoms with van der Waals surface area (Å²) in [6.07, 6.45) is 7.23. The van der Waals surface area contributed by atoms with E-state index in [9.17, 15) is 9.59 Å². The molecule has 3 rings (SSSR count). The molecule has 1 amide bonds. The molecule has 114 valence electrons. The van der Waals surface area contributed by atoms with Crippen molar-refractivity contribution in [3.8, 4) is 0 Å². The predicted octanol–water partition coefficient (Wildman–Crippen LogP) is 1.97. The number of methoxy groups -OCH3 is 1. The van der Waals surface area contributed by atoms with Crippen LogP contribution in [0.4, 0.5) is 5.69 Å². The van der Waals surface area contributed by atoms with Gasteiger partial charge < -0.3 is 10.1 Å². The normalized spacial score (nSPS) is 26.9. The van der Waals surface area contributed by atoms with Crippen LogP contribution in [0, 0.1) is 17.8 Å². The summed E-state index contributed by atoms with van der Waals surface area (Å²) in [5.41, 5.74) is 0.582. The second-order valence-corrected chi connectivity index (χ2v) is 6.24. The quantitative estimate of drug-likeness (QED) is 0.861. The van der Waals surface area contributed by atoms with Gasteiger partial charge in [0.25, 0.3) is 0 Å². The molecule has 0 radical (unpaired) electrons. The van der Waals surface area contributed by atoms with Gasteiger partial charge in [-0.2, -0.15) is 5.10 Å². The SMILES string of the molecule is COC(=O)c1nn(C)cc1NC(=O)CC1CC2CCC1C2. The maximum absolute atomic E-state index is 12.2. The Morgan fingerprint density at radius 3 is 2.86 bits per heavy atom. The first-order chi connectivity index (χ1) is 10.1. The number of carbonyl (C=O) groups is 2. The standard InChI is InChI=1S/C15H21N3O3/c1-18-8-12(14(17-18)15(20)21-2)16-13(19)7-11-6-9-3-4-10(11)5-9/h8-11H,3-7H2,1-2H3,(H,16,19). The molecule has 2 aliphatic carbocycles. The molecule has 2 saturated carbocycles. The Bertz CT molecular complexity index is 567. The number of carbonyl (C=O) groups excluding carboxylic acids is 2. The minimum absolute atomic E-state index is 0.0364. The lowest BCUT2D eigenvalue weighted by molar-refractivity contribution is -0.117. The van der Waals surface area contributed by atoms with Crippen molar-refractivity contribution in [3.05, 3.63) is 11.9 Å². The highest BCUT2D eigenvalue weighted by atomic mass is 16.5. The Balaban J connectivity index is 1.63. The van der Waals surface area contributed by atoms with Crippen LogP contribution in [0.15, 0.2) is 6.20 Å². The lowest BCUT2D eigenvalue weighted by Gasteiger charge is -2.20. The van der Waals surface area contributed by atoms with Crippen LogP contribution in [-0.2, 0) is 16.6 Å². The number of nitrogens with zero attached hydrogens (tertiary/aromatic N) is 2. The lowest BCUT2D eigenvalue weighted by atomic mass is 9.86. The monoisotopic (exact) mass is 291 g/mol. The highest BCUT2D eigenvalue weighted by Crippen LogP contribution is 2.49. The number of anilines is 1. The van der Waals surface area contributed by atoms with E-state index in [1.54, 1.807) is 13.2 Å². The summed E-state index contributed by atoms with van der Waals surface area (Å²) >= 11 is 0. The first kappa shape index (κ1) is 14.1. The van der Waals surface area contributed by atoms with Crippen molar-refractivity contribution >= 4 is 17.6 Å². The van der Waals surface area contributed by atoms with Gasteiger partial charge in [-0.3, -0.25) is 9.48 Å². The molecule has 3 atom stereocenters. The molecule has 0 spiro atoms. The predicted molar refractivity (Wildman–Crippen MR) is 76.7 cm³/mol. The van der Waals surface area contributed by atoms with Crippen LogP contribution in [0.1, 0.15) is 42.6 Å². The van der Waals surface area contributed by atoms with Gasteiger partial charge in [-0.1, -0.05) is 6.42 Å². The van der Waals surface area contributed by atoms with Crippen LogP contribution < -0.4 is 5.32 Å². The highest BCUT2D eigenvalue weighted by Gasteiger charge is 2.40. The van der Waals surface area contributed by atoms with Gasteiger partial charge in [0.05, 0.1) is 12.8 Å². The molecule has 6 heteroatoms. The van der Waals surface area contributed by atoms with Crippen LogP contribution >= 0.6 is 0 Å². The molecular weight excluding hydrogens is 270 g/mol. The summed E-state index contributed by atoms with van der Waals surface area (Å²) in [5.74, 6) is 1.48. The van der Waals surface area contributed by atoms with Crippen LogP contribution in [0.2, 0.25) is 0 Å². The van der Waals surface area contributed by atoms with Crippen LogP contribution in [0.3, 0.4) is 0 Å². The zero-order valence-electron chi connectivity index (χ0n) is 12.5. The van der Waals surface area contributed by atoms with E-state index < -0.39 is 5.97 Å². The molecule has 3 unspecified atom stereocenters. The lowest BCUT2D eigenvalue weighted by Crippen LogP contribution is -2.21. The molecule has 2 bridgehead atoms. The third-order valence-corrected chi connectivity index (χ3v) is 4.81. The van der Waals surface area contributed by atoms with Crippen LogP contribution in [0.5, 0.6) is 0 Å². The topological polar surface area (TPSA) is 73.2 Å². The number of hydrogen-bond acceptors (Lipinski definition) is 4. The zero-order valence-corrected chi connectivity index (χ0v) is 12.5. The van der Waals surface area contributed by atoms with Crippen LogP contribution in [0.25, 0.3) is 0 Å². The molecule has 1 N–H and O–H groups in total. The number of ether oxygens (including phenoxy) is 1. The molecule has 1 heterocycles. The number of nitrogens with one attached hydrogen (secondary N) is 1. The van der Waals surface area contributed by atoms with E-state index in [4.69, 9.17) is 0 Å². The molecule has 0 aromatic carbocycles. The number of rotatable bonds is 4. The first-order valence-corrected chi connectivity index (χ1v) is 7.48. The summed E-state index contributed by atoms with van der Waals surface area (Å²) in [5, 5.41) is 6.84. The summed E-state index contributed by atoms with van der Waals surface area (Å²) < 4.78 is 6.18. The van der Waals surface area contributed by atoms with Gasteiger partial charge in [-0.15, -0.1) is 0 Å². The van der Waals surface area contributed by atoms with Crippen molar-refractivity contribution in [3.63, 3.8) is 0 Å². The number of fused-ring (bicyclic) bond motifs is 2. The number of hydrogen-bond donors (Lipinski definition) is 1. The molecular formula is C15H21N3O3. The summed E-state index contributed by atoms with van der Waals surface area (Å²) in [6.45, 7) is 0. The van der Waals surface area contributed by atoms with Crippen molar-refractivity contribution in [2.45, 2.75) is 32.1 Å². The van der Waals surface area contributed by atoms with E-state index in [1.807, 2.05) is 0 Å². The minimum Gasteiger partial charge on any atom is -0.464 e. The minimum atomic E-state index is -0.536. The maximum atomic E-state index is 12.2. The third-order valence-electron chi connectivity index (χ3n) is 4.81. The third kappa shape index (κ3) is 2.80. The second kappa shape index (κ2) is 5.50. The van der Waals surface area contributed by atoms with Crippen molar-refractivity contribution < 1.29 is 14.3 Å². The van der Waals surface area contributed by atoms with Gasteiger partial charge in [0.1, 0.15) is 0 Å². The van der Waals surface area contributed by atoms with Gasteiger partial charge in [0.15, 0.2) is 5.69 Å². The molecule has 0 saturated heterocycles. The molecule has 1 aromatic rings. The van der Waals surface area contributed by atoms with Crippen molar-refractivity contribution in [1.82, 2.24) is 9.78 Å². The van der Waals surface area contributed by atoms with Gasteiger partial charge in [-0.25, -0.2) is 4.79 Å². The number of amides is 1. The van der Waals surface area contributed by atoms with Gasteiger partial charge in [0, 0.05) is 19.7 Å². The van der Waals surface area contributed by atoms with Crippen molar-refractivity contribution in [2.24, 2.45) is 24.8 Å². The fraction of sp³-hybridized carbons (Fsp3) is 0.667. The molecule has 21 heavy (non-hydrogen) atoms. The molecule has 2 fully saturated rings. The Kier molecular flexibility index (Phi) is 3.69. The number of aromatic nitrogens is 2. The van der Waals surface area contributed by atoms with E-state index in [1.165, 1.54) is 37.5 Å². The van der Waals surface area contributed by atoms with Gasteiger partial charge in [-0.05, 0) is 37.0 Å². The van der Waals surface area contributed by atoms with Gasteiger partial charge in [0.2, 0.25) is 5.91 Å². The number of esters is 1. The second-order valence-electron chi connectivity index (χ2n) is 6.24. The van der Waals surface area contributed by atoms with E-state index in [2.05, 4.69) is 15.2 Å². The fourth-order valence-electron chi connectivity index (χ4n) is 3.89. The zero-order chi connectivity index (χ0) is 15.0. The summed E-state index contributed by atoms with van der Waals surface area (Å²) in [7, 11) is 3.01. The average molecular weight is 291 g/mol. The smallest absolute Gasteiger partial charge is 0.360 e. The van der Waals surface area contributed by atoms with E-state index in [-0.39, 0.29) is 11.6 Å². The molecule has 0 aliphatic heterocycles. The molecule has 2 aliphatic rings. The van der Waals surface area contributed by atoms with Crippen LogP contribution in [-0.4, -0.2) is 28.8 Å². The number of aryl methyl sites for hydroxylation is 1. The van der Waals surface area contributed by atoms with E-state index >= 15 is 0 Å². The molecule has 1 aromatic heterocycles. The first-order valence-electron chi connectivity index (χ1n) is 7.48. The largest absolute Gasteiger partial charge is 0.464 e. The Morgan fingerprint density at radius 2 is 2.24 bits per heavy atom. The van der Waals surface area contributed by atoms with Crippen molar-refractivity contribution in [2.75, 3.05) is 12.4 Å². The van der Waals surface area contributed by atoms with Gasteiger partial charge >= 0.3 is 5.97 Å². The Labute approximate surface area is 123 Å². The fourth-order valence-corrected chi connectivity index (χ4v) is 3.89. The van der Waals surface area contributed by atoms with E-state index in [0.29, 0.717) is 18.0 Å². The Hall–Kier alpha value is -1.85. The highest BCUT2D eigenvalue weighted by molar-refractivity contribution is 5.99. The maximum Gasteiger partial charge on any atom is 0.360 e. The van der Waals surface area contributed by atoms with Crippen molar-refractivity contribution in [1.29, 1.82) is 0 Å². The Morgan fingerprint density at radius 1 is 1.43 bits per heavy atom. The van der Waals surface area contributed by atoms with E-state index in [0.717, 1.165) is 11.8 Å². The molecule has 6 nitrogen and oxygen atoms in total. The average Bonchev–Trinajstić information content (AvgIpc) is 3.13.